The van der Waals surface area contributed by atoms with Gasteiger partial charge in [0.1, 0.15) is 0 Å². The summed E-state index contributed by atoms with van der Waals surface area (Å²) in [7, 11) is 0. The third-order valence-corrected chi connectivity index (χ3v) is 7.12. The summed E-state index contributed by atoms with van der Waals surface area (Å²) in [6.45, 7) is 0. The summed E-state index contributed by atoms with van der Waals surface area (Å²) >= 11 is 2.46. The van der Waals surface area contributed by atoms with E-state index in [0.29, 0.717) is 0 Å². The van der Waals surface area contributed by atoms with Crippen LogP contribution in [-0.4, -0.2) is 23.3 Å². The zero-order valence-electron chi connectivity index (χ0n) is 5.60. The number of halogens is 1. The van der Waals surface area contributed by atoms with Crippen molar-refractivity contribution in [3.05, 3.63) is 9.19 Å². The van der Waals surface area contributed by atoms with Crippen LogP contribution in [0.1, 0.15) is 25.7 Å². The molecule has 1 aliphatic carbocycles. The summed E-state index contributed by atoms with van der Waals surface area (Å²) in [5.74, 6) is 0. The molecule has 0 amide bonds. The first-order chi connectivity index (χ1) is 4.88. The molecule has 0 radical (unpaired) electrons. The normalized spacial score (nSPS) is 19.3. The minimum absolute atomic E-state index is 0.00109. The molecule has 56 valence electrons. The van der Waals surface area contributed by atoms with Crippen LogP contribution in [0.25, 0.3) is 0 Å². The maximum absolute atomic E-state index is 10.5. The number of aldehydes is 1. The second-order valence-electron chi connectivity index (χ2n) is 2.35. The van der Waals surface area contributed by atoms with E-state index in [0.717, 1.165) is 18.3 Å². The van der Waals surface area contributed by atoms with E-state index in [1.165, 1.54) is 22.9 Å². The maximum atomic E-state index is 10.5. The number of carbonyl (C=O) groups excluding carboxylic acids is 1. The van der Waals surface area contributed by atoms with Gasteiger partial charge in [-0.25, -0.2) is 0 Å². The monoisotopic (exact) mass is 366 g/mol. The fourth-order valence-corrected chi connectivity index (χ4v) is 5.83. The molecular formula is C7H9IOTe. The Morgan fingerprint density at radius 3 is 2.60 bits per heavy atom. The molecule has 0 spiro atoms. The fourth-order valence-electron chi connectivity index (χ4n) is 1.11. The van der Waals surface area contributed by atoms with E-state index in [2.05, 4.69) is 18.7 Å². The van der Waals surface area contributed by atoms with Gasteiger partial charge in [-0.05, 0) is 0 Å². The van der Waals surface area contributed by atoms with E-state index in [-0.39, 0.29) is 17.0 Å². The third-order valence-electron chi connectivity index (χ3n) is 1.69. The van der Waals surface area contributed by atoms with E-state index in [1.807, 2.05) is 0 Å². The Morgan fingerprint density at radius 1 is 1.40 bits per heavy atom. The Bertz CT molecular complexity index is 165. The summed E-state index contributed by atoms with van der Waals surface area (Å²) < 4.78 is 1.51. The van der Waals surface area contributed by atoms with Crippen molar-refractivity contribution in [2.45, 2.75) is 25.7 Å². The predicted octanol–water partition coefficient (Wildman–Crippen LogP) is 2.07. The molecular weight excluding hydrogens is 355 g/mol. The van der Waals surface area contributed by atoms with E-state index >= 15 is 0 Å². The van der Waals surface area contributed by atoms with Crippen LogP contribution in [0.5, 0.6) is 0 Å². The molecule has 3 heteroatoms. The summed E-state index contributed by atoms with van der Waals surface area (Å²) in [4.78, 5) is 10.5. The van der Waals surface area contributed by atoms with Gasteiger partial charge in [-0.1, -0.05) is 0 Å². The van der Waals surface area contributed by atoms with Gasteiger partial charge in [0.2, 0.25) is 0 Å². The Balaban J connectivity index is 2.72. The van der Waals surface area contributed by atoms with E-state index in [4.69, 9.17) is 0 Å². The second-order valence-corrected chi connectivity index (χ2v) is 7.15. The van der Waals surface area contributed by atoms with Crippen molar-refractivity contribution in [1.29, 1.82) is 0 Å². The third kappa shape index (κ3) is 2.21. The first-order valence-electron chi connectivity index (χ1n) is 3.34. The van der Waals surface area contributed by atoms with Gasteiger partial charge >= 0.3 is 81.6 Å². The average Bonchev–Trinajstić information content (AvgIpc) is 2.04. The summed E-state index contributed by atoms with van der Waals surface area (Å²) in [6.07, 6.45) is 5.85. The zero-order chi connectivity index (χ0) is 7.40. The van der Waals surface area contributed by atoms with E-state index in [9.17, 15) is 4.79 Å². The quantitative estimate of drug-likeness (QED) is 0.417. The second kappa shape index (κ2) is 4.74. The minimum atomic E-state index is -0.00109. The first-order valence-corrected chi connectivity index (χ1v) is 11.3. The van der Waals surface area contributed by atoms with Crippen LogP contribution in [0.2, 0.25) is 0 Å². The molecule has 0 aromatic rings. The van der Waals surface area contributed by atoms with Crippen LogP contribution in [0.3, 0.4) is 0 Å². The number of hydrogen-bond acceptors (Lipinski definition) is 1. The van der Waals surface area contributed by atoms with Crippen LogP contribution in [0, 0.1) is 0 Å². The van der Waals surface area contributed by atoms with Crippen molar-refractivity contribution in [2.75, 3.05) is 0 Å². The van der Waals surface area contributed by atoms with Crippen LogP contribution in [-0.2, 0) is 4.79 Å². The molecule has 0 heterocycles. The van der Waals surface area contributed by atoms with Crippen LogP contribution < -0.4 is 0 Å². The molecule has 0 saturated heterocycles. The summed E-state index contributed by atoms with van der Waals surface area (Å²) in [6, 6.07) is 0. The van der Waals surface area contributed by atoms with Gasteiger partial charge in [-0.2, -0.15) is 0 Å². The van der Waals surface area contributed by atoms with Crippen molar-refractivity contribution in [3.63, 3.8) is 0 Å². The molecule has 0 saturated carbocycles. The SMILES string of the molecule is O=CC1=C([Te]I)CCCC1. The fraction of sp³-hybridized carbons (Fsp3) is 0.571. The van der Waals surface area contributed by atoms with E-state index in [1.54, 1.807) is 0 Å². The van der Waals surface area contributed by atoms with Crippen molar-refractivity contribution < 1.29 is 4.79 Å². The molecule has 0 bridgehead atoms. The van der Waals surface area contributed by atoms with Gasteiger partial charge in [0, 0.05) is 0 Å². The molecule has 0 aliphatic heterocycles. The van der Waals surface area contributed by atoms with Crippen molar-refractivity contribution in [2.24, 2.45) is 0 Å². The summed E-state index contributed by atoms with van der Waals surface area (Å²) in [5, 5.41) is 0. The molecule has 10 heavy (non-hydrogen) atoms. The molecule has 1 rings (SSSR count). The van der Waals surface area contributed by atoms with Crippen LogP contribution >= 0.6 is 18.7 Å². The number of hydrogen-bond donors (Lipinski definition) is 0. The van der Waals surface area contributed by atoms with Crippen LogP contribution in [0.4, 0.5) is 0 Å². The Kier molecular flexibility index (Phi) is 4.27. The first kappa shape index (κ1) is 9.02. The number of allylic oxidation sites excluding steroid dienone is 2. The Morgan fingerprint density at radius 2 is 2.10 bits per heavy atom. The van der Waals surface area contributed by atoms with Gasteiger partial charge in [0.25, 0.3) is 0 Å². The topological polar surface area (TPSA) is 17.1 Å². The van der Waals surface area contributed by atoms with Gasteiger partial charge in [-0.15, -0.1) is 0 Å². The molecule has 1 nitrogen and oxygen atoms in total. The Labute approximate surface area is 81.0 Å². The molecule has 0 aromatic carbocycles. The molecule has 0 aromatic heterocycles. The van der Waals surface area contributed by atoms with Gasteiger partial charge in [0.15, 0.2) is 0 Å². The van der Waals surface area contributed by atoms with E-state index < -0.39 is 0 Å². The van der Waals surface area contributed by atoms with Crippen LogP contribution in [0.15, 0.2) is 9.19 Å². The molecule has 0 atom stereocenters. The van der Waals surface area contributed by atoms with Crippen molar-refractivity contribution >= 4 is 42.0 Å². The number of carbonyl (C=O) groups is 1. The van der Waals surface area contributed by atoms with Gasteiger partial charge < -0.3 is 0 Å². The number of rotatable bonds is 2. The standard InChI is InChI=1S/C7H9IOTe/c8-10-7-4-2-1-3-6(7)5-9/h5H,1-4H2. The Hall–Kier alpha value is 0.930. The molecule has 0 unspecified atom stereocenters. The molecule has 0 fully saturated rings. The molecule has 0 N–H and O–H groups in total. The summed E-state index contributed by atoms with van der Waals surface area (Å²) in [5.41, 5.74) is 1.13. The predicted molar refractivity (Wildman–Crippen MR) is 51.3 cm³/mol. The zero-order valence-corrected chi connectivity index (χ0v) is 10.1. The van der Waals surface area contributed by atoms with Gasteiger partial charge in [0.05, 0.1) is 0 Å². The van der Waals surface area contributed by atoms with Crippen molar-refractivity contribution in [1.82, 2.24) is 0 Å². The van der Waals surface area contributed by atoms with Crippen molar-refractivity contribution in [3.8, 4) is 0 Å². The van der Waals surface area contributed by atoms with Gasteiger partial charge in [-0.3, -0.25) is 0 Å². The molecule has 1 aliphatic rings. The average molecular weight is 364 g/mol.